The normalized spacial score (nSPS) is 17.7. The number of amides is 1. The maximum atomic E-state index is 12.5. The van der Waals surface area contributed by atoms with Gasteiger partial charge in [0.2, 0.25) is 15.9 Å². The Bertz CT molecular complexity index is 1260. The van der Waals surface area contributed by atoms with Gasteiger partial charge in [0, 0.05) is 35.8 Å². The van der Waals surface area contributed by atoms with Crippen molar-refractivity contribution in [2.75, 3.05) is 6.54 Å². The highest BCUT2D eigenvalue weighted by Crippen LogP contribution is 2.38. The van der Waals surface area contributed by atoms with E-state index < -0.39 is 10.0 Å². The number of benzene rings is 1. The molecule has 1 aromatic carbocycles. The Balaban J connectivity index is 1.80. The second-order valence-electron chi connectivity index (χ2n) is 13.1. The van der Waals surface area contributed by atoms with Gasteiger partial charge in [0.05, 0.1) is 0 Å². The van der Waals surface area contributed by atoms with Crippen molar-refractivity contribution in [1.29, 1.82) is 0 Å². The van der Waals surface area contributed by atoms with Crippen LogP contribution in [0.4, 0.5) is 0 Å². The number of rotatable bonds is 8. The molecule has 37 heavy (non-hydrogen) atoms. The summed E-state index contributed by atoms with van der Waals surface area (Å²) in [7, 11) is -3.85. The molecule has 2 fully saturated rings. The number of nitrogens with one attached hydrogen (secondary N) is 1. The predicted octanol–water partition coefficient (Wildman–Crippen LogP) is 5.79. The molecule has 7 heteroatoms. The van der Waals surface area contributed by atoms with E-state index >= 15 is 0 Å². The van der Waals surface area contributed by atoms with Gasteiger partial charge in [-0.1, -0.05) is 59.9 Å². The number of hydrogen-bond acceptors (Lipinski definition) is 3. The smallest absolute Gasteiger partial charge is 0.239 e. The van der Waals surface area contributed by atoms with E-state index in [2.05, 4.69) is 62.7 Å². The fraction of sp³-hybridized carbons (Fsp3) is 0.633. The lowest BCUT2D eigenvalue weighted by Gasteiger charge is -2.30. The van der Waals surface area contributed by atoms with Crippen molar-refractivity contribution in [3.05, 3.63) is 41.1 Å². The number of primary sulfonamides is 1. The Kier molecular flexibility index (Phi) is 7.70. The van der Waals surface area contributed by atoms with E-state index in [0.717, 1.165) is 36.2 Å². The Morgan fingerprint density at radius 2 is 1.59 bits per heavy atom. The molecule has 0 saturated heterocycles. The molecule has 2 aromatic rings. The first-order valence-corrected chi connectivity index (χ1v) is 15.4. The lowest BCUT2D eigenvalue weighted by molar-refractivity contribution is -0.122. The zero-order valence-corrected chi connectivity index (χ0v) is 24.3. The van der Waals surface area contributed by atoms with Crippen molar-refractivity contribution in [2.45, 2.75) is 109 Å². The van der Waals surface area contributed by atoms with Crippen LogP contribution in [0.25, 0.3) is 11.3 Å². The molecule has 2 aliphatic carbocycles. The molecule has 6 nitrogen and oxygen atoms in total. The summed E-state index contributed by atoms with van der Waals surface area (Å²) in [4.78, 5) is 12.6. The van der Waals surface area contributed by atoms with Crippen LogP contribution in [-0.2, 0) is 32.2 Å². The number of carbonyl (C=O) groups is 1. The predicted molar refractivity (Wildman–Crippen MR) is 150 cm³/mol. The summed E-state index contributed by atoms with van der Waals surface area (Å²) in [6, 6.07) is 8.38. The Labute approximate surface area is 223 Å². The van der Waals surface area contributed by atoms with E-state index in [-0.39, 0.29) is 27.6 Å². The van der Waals surface area contributed by atoms with Gasteiger partial charge in [0.1, 0.15) is 4.90 Å². The highest BCUT2D eigenvalue weighted by Gasteiger charge is 2.32. The van der Waals surface area contributed by atoms with Gasteiger partial charge in [-0.3, -0.25) is 4.79 Å². The highest BCUT2D eigenvalue weighted by atomic mass is 32.2. The van der Waals surface area contributed by atoms with Crippen molar-refractivity contribution in [3.63, 3.8) is 0 Å². The van der Waals surface area contributed by atoms with Crippen LogP contribution in [0.2, 0.25) is 0 Å². The topological polar surface area (TPSA) is 94.2 Å². The summed E-state index contributed by atoms with van der Waals surface area (Å²) in [5.41, 5.74) is 4.53. The second-order valence-corrected chi connectivity index (χ2v) is 14.6. The van der Waals surface area contributed by atoms with Crippen LogP contribution >= 0.6 is 0 Å². The average Bonchev–Trinajstić information content (AvgIpc) is 3.61. The first kappa shape index (κ1) is 27.9. The molecule has 1 heterocycles. The van der Waals surface area contributed by atoms with Crippen molar-refractivity contribution < 1.29 is 13.2 Å². The molecule has 1 amide bonds. The van der Waals surface area contributed by atoms with Gasteiger partial charge in [-0.25, -0.2) is 13.6 Å². The molecule has 0 unspecified atom stereocenters. The van der Waals surface area contributed by atoms with Gasteiger partial charge in [-0.2, -0.15) is 0 Å². The Morgan fingerprint density at radius 1 is 0.973 bits per heavy atom. The summed E-state index contributed by atoms with van der Waals surface area (Å²) in [6.45, 7) is 14.1. The van der Waals surface area contributed by atoms with Gasteiger partial charge >= 0.3 is 0 Å². The number of aromatic nitrogens is 1. The number of nitrogens with zero attached hydrogens (tertiary/aromatic N) is 1. The minimum absolute atomic E-state index is 0.100. The van der Waals surface area contributed by atoms with Gasteiger partial charge in [-0.05, 0) is 78.8 Å². The third kappa shape index (κ3) is 6.48. The molecule has 2 aliphatic rings. The lowest BCUT2D eigenvalue weighted by Crippen LogP contribution is -2.37. The highest BCUT2D eigenvalue weighted by molar-refractivity contribution is 7.89. The standard InChI is InChI=1S/C30H45N3O3S/c1-20-27(37(31,35)36)17-26(33(20)18-21-10-8-7-9-11-21)23-14-24(29(2,3)4)16-25(15-23)30(5,6)19-32-28(34)22-12-13-22/h14-17,21-22H,7-13,18-19H2,1-6H3,(H,32,34)(H2,31,35,36). The molecule has 4 rings (SSSR count). The molecule has 0 atom stereocenters. The van der Waals surface area contributed by atoms with Crippen molar-refractivity contribution in [2.24, 2.45) is 17.0 Å². The fourth-order valence-electron chi connectivity index (χ4n) is 5.51. The third-order valence-electron chi connectivity index (χ3n) is 8.32. The molecule has 2 saturated carbocycles. The van der Waals surface area contributed by atoms with Crippen molar-refractivity contribution in [1.82, 2.24) is 9.88 Å². The maximum Gasteiger partial charge on any atom is 0.239 e. The molecule has 0 aliphatic heterocycles. The zero-order valence-electron chi connectivity index (χ0n) is 23.5. The largest absolute Gasteiger partial charge is 0.355 e. The van der Waals surface area contributed by atoms with Gasteiger partial charge in [0.15, 0.2) is 0 Å². The van der Waals surface area contributed by atoms with E-state index in [4.69, 9.17) is 5.14 Å². The average molecular weight is 528 g/mol. The molecule has 204 valence electrons. The van der Waals surface area contributed by atoms with Gasteiger partial charge in [-0.15, -0.1) is 0 Å². The quantitative estimate of drug-likeness (QED) is 0.455. The molecule has 0 spiro atoms. The van der Waals surface area contributed by atoms with E-state index in [1.165, 1.54) is 37.7 Å². The van der Waals surface area contributed by atoms with E-state index in [1.807, 2.05) is 6.92 Å². The minimum Gasteiger partial charge on any atom is -0.355 e. The molecule has 0 radical (unpaired) electrons. The lowest BCUT2D eigenvalue weighted by atomic mass is 9.78. The SMILES string of the molecule is Cc1c(S(N)(=O)=O)cc(-c2cc(C(C)(C)C)cc(C(C)(C)CNC(=O)C3CC3)c2)n1CC1CCCCC1. The molecular weight excluding hydrogens is 482 g/mol. The summed E-state index contributed by atoms with van der Waals surface area (Å²) in [6.07, 6.45) is 8.05. The zero-order chi connectivity index (χ0) is 27.2. The Morgan fingerprint density at radius 3 is 2.16 bits per heavy atom. The van der Waals surface area contributed by atoms with Gasteiger partial charge in [0.25, 0.3) is 0 Å². The van der Waals surface area contributed by atoms with Crippen LogP contribution in [0.1, 0.15) is 96.4 Å². The first-order valence-electron chi connectivity index (χ1n) is 13.8. The summed E-state index contributed by atoms with van der Waals surface area (Å²) < 4.78 is 27.2. The van der Waals surface area contributed by atoms with Crippen molar-refractivity contribution in [3.8, 4) is 11.3 Å². The second kappa shape index (κ2) is 10.2. The van der Waals surface area contributed by atoms with E-state index in [9.17, 15) is 13.2 Å². The van der Waals surface area contributed by atoms with Crippen LogP contribution in [0.3, 0.4) is 0 Å². The molecule has 3 N–H and O–H groups in total. The monoisotopic (exact) mass is 527 g/mol. The van der Waals surface area contributed by atoms with Crippen LogP contribution in [0.15, 0.2) is 29.2 Å². The van der Waals surface area contributed by atoms with Gasteiger partial charge < -0.3 is 9.88 Å². The number of hydrogen-bond donors (Lipinski definition) is 2. The van der Waals surface area contributed by atoms with Crippen LogP contribution in [0, 0.1) is 18.8 Å². The molecule has 1 aromatic heterocycles. The van der Waals surface area contributed by atoms with Crippen LogP contribution < -0.4 is 10.5 Å². The first-order chi connectivity index (χ1) is 17.2. The van der Waals surface area contributed by atoms with Crippen molar-refractivity contribution >= 4 is 15.9 Å². The third-order valence-corrected chi connectivity index (χ3v) is 9.35. The molecule has 0 bridgehead atoms. The van der Waals surface area contributed by atoms with Crippen LogP contribution in [-0.4, -0.2) is 25.4 Å². The fourth-order valence-corrected chi connectivity index (χ4v) is 6.31. The summed E-state index contributed by atoms with van der Waals surface area (Å²) >= 11 is 0. The Hall–Kier alpha value is -2.12. The van der Waals surface area contributed by atoms with Crippen LogP contribution in [0.5, 0.6) is 0 Å². The number of sulfonamides is 1. The molecular formula is C30H45N3O3S. The van der Waals surface area contributed by atoms with E-state index in [0.29, 0.717) is 18.2 Å². The van der Waals surface area contributed by atoms with E-state index in [1.54, 1.807) is 6.07 Å². The number of nitrogens with two attached hydrogens (primary N) is 1. The minimum atomic E-state index is -3.85. The maximum absolute atomic E-state index is 12.5. The summed E-state index contributed by atoms with van der Waals surface area (Å²) in [5, 5.41) is 8.82. The number of carbonyl (C=O) groups excluding carboxylic acids is 1. The summed E-state index contributed by atoms with van der Waals surface area (Å²) in [5.74, 6) is 0.858.